The zero-order valence-electron chi connectivity index (χ0n) is 12.3. The summed E-state index contributed by atoms with van der Waals surface area (Å²) in [6.45, 7) is 0. The van der Waals surface area contributed by atoms with Crippen molar-refractivity contribution in [3.63, 3.8) is 0 Å². The topological polar surface area (TPSA) is 109 Å². The fourth-order valence-corrected chi connectivity index (χ4v) is 2.37. The van der Waals surface area contributed by atoms with Crippen molar-refractivity contribution < 1.29 is 9.72 Å². The van der Waals surface area contributed by atoms with E-state index in [1.54, 1.807) is 30.4 Å². The van der Waals surface area contributed by atoms with Crippen molar-refractivity contribution in [3.05, 3.63) is 69.8 Å². The van der Waals surface area contributed by atoms with Gasteiger partial charge in [0.1, 0.15) is 12.0 Å². The van der Waals surface area contributed by atoms with Crippen molar-refractivity contribution in [1.29, 1.82) is 5.26 Å². The Morgan fingerprint density at radius 3 is 2.83 bits per heavy atom. The smallest absolute Gasteiger partial charge is 0.271 e. The number of amides is 1. The van der Waals surface area contributed by atoms with Crippen LogP contribution in [0.3, 0.4) is 0 Å². The summed E-state index contributed by atoms with van der Waals surface area (Å²) >= 11 is 0. The Bertz CT molecular complexity index is 929. The Morgan fingerprint density at radius 1 is 1.29 bits per heavy atom. The summed E-state index contributed by atoms with van der Waals surface area (Å²) in [5.74, 6) is -0.990. The van der Waals surface area contributed by atoms with E-state index in [1.165, 1.54) is 24.3 Å². The van der Waals surface area contributed by atoms with E-state index in [4.69, 9.17) is 0 Å². The second-order valence-electron chi connectivity index (χ2n) is 5.02. The van der Waals surface area contributed by atoms with Gasteiger partial charge in [0.2, 0.25) is 0 Å². The van der Waals surface area contributed by atoms with Crippen molar-refractivity contribution in [1.82, 2.24) is 0 Å². The number of rotatable bonds is 3. The molecular formula is C17H10N4O3. The Balaban J connectivity index is 2.05. The zero-order chi connectivity index (χ0) is 17.1. The lowest BCUT2D eigenvalue weighted by Crippen LogP contribution is -2.27. The zero-order valence-corrected chi connectivity index (χ0v) is 12.3. The van der Waals surface area contributed by atoms with Gasteiger partial charge in [-0.3, -0.25) is 14.9 Å². The van der Waals surface area contributed by atoms with Gasteiger partial charge in [0.15, 0.2) is 5.84 Å². The third-order valence-corrected chi connectivity index (χ3v) is 3.51. The molecule has 1 unspecified atom stereocenters. The van der Waals surface area contributed by atoms with Gasteiger partial charge in [-0.1, -0.05) is 30.4 Å². The largest absolute Gasteiger partial charge is 0.276 e. The predicted molar refractivity (Wildman–Crippen MR) is 88.3 cm³/mol. The first-order valence-electron chi connectivity index (χ1n) is 7.01. The first kappa shape index (κ1) is 15.2. The molecule has 0 saturated heterocycles. The molecule has 1 aliphatic carbocycles. The van der Waals surface area contributed by atoms with Gasteiger partial charge in [0.25, 0.3) is 11.6 Å². The maximum absolute atomic E-state index is 12.1. The predicted octanol–water partition coefficient (Wildman–Crippen LogP) is 2.62. The molecule has 24 heavy (non-hydrogen) atoms. The molecule has 1 aromatic rings. The molecule has 116 valence electrons. The summed E-state index contributed by atoms with van der Waals surface area (Å²) in [7, 11) is 0. The Labute approximate surface area is 136 Å². The van der Waals surface area contributed by atoms with Crippen LogP contribution in [-0.4, -0.2) is 22.4 Å². The Morgan fingerprint density at radius 2 is 2.08 bits per heavy atom. The number of nitro benzene ring substituents is 1. The van der Waals surface area contributed by atoms with Crippen LogP contribution in [0.5, 0.6) is 0 Å². The monoisotopic (exact) mass is 318 g/mol. The first-order valence-corrected chi connectivity index (χ1v) is 7.01. The van der Waals surface area contributed by atoms with Gasteiger partial charge < -0.3 is 0 Å². The highest BCUT2D eigenvalue weighted by Gasteiger charge is 2.27. The minimum Gasteiger partial charge on any atom is -0.271 e. The maximum atomic E-state index is 12.1. The number of para-hydroxylation sites is 1. The molecule has 3 rings (SSSR count). The number of nitriles is 1. The number of allylic oxidation sites excluding steroid dienone is 3. The number of fused-ring (bicyclic) bond motifs is 1. The number of benzene rings is 1. The summed E-state index contributed by atoms with van der Waals surface area (Å²) in [6.07, 6.45) is 8.15. The van der Waals surface area contributed by atoms with E-state index in [0.717, 1.165) is 0 Å². The standard InChI is InChI=1S/C17H10N4O3/c18-10-12(9-11-5-1-4-8-15(11)21(23)24)16-19-14-7-3-2-6-13(14)17(22)20-16/h1-9,13H/b12-9+. The van der Waals surface area contributed by atoms with Crippen molar-refractivity contribution >= 4 is 29.2 Å². The van der Waals surface area contributed by atoms with Crippen LogP contribution in [0.4, 0.5) is 5.69 Å². The van der Waals surface area contributed by atoms with E-state index >= 15 is 0 Å². The van der Waals surface area contributed by atoms with Crippen molar-refractivity contribution in [2.75, 3.05) is 0 Å². The number of carbonyl (C=O) groups excluding carboxylic acids is 1. The molecule has 0 spiro atoms. The SMILES string of the molecule is N#C/C(=C\c1ccccc1[N+](=O)[O-])C1=NC(=O)C2C=CC=CC2=N1. The van der Waals surface area contributed by atoms with Gasteiger partial charge in [-0.05, 0) is 18.2 Å². The van der Waals surface area contributed by atoms with E-state index < -0.39 is 16.7 Å². The molecule has 1 atom stereocenters. The highest BCUT2D eigenvalue weighted by molar-refractivity contribution is 6.26. The molecule has 0 saturated carbocycles. The van der Waals surface area contributed by atoms with Gasteiger partial charge in [-0.15, -0.1) is 0 Å². The number of nitro groups is 1. The summed E-state index contributed by atoms with van der Waals surface area (Å²) in [6, 6.07) is 7.92. The van der Waals surface area contributed by atoms with Crippen LogP contribution in [0.25, 0.3) is 6.08 Å². The van der Waals surface area contributed by atoms with Crippen LogP contribution < -0.4 is 0 Å². The second kappa shape index (κ2) is 6.22. The van der Waals surface area contributed by atoms with Crippen LogP contribution in [-0.2, 0) is 4.79 Å². The normalized spacial score (nSPS) is 19.2. The molecular weight excluding hydrogens is 308 g/mol. The Hall–Kier alpha value is -3.66. The van der Waals surface area contributed by atoms with Crippen molar-refractivity contribution in [2.24, 2.45) is 15.9 Å². The van der Waals surface area contributed by atoms with Crippen LogP contribution in [0.1, 0.15) is 5.56 Å². The summed E-state index contributed by atoms with van der Waals surface area (Å²) < 4.78 is 0. The fraction of sp³-hybridized carbons (Fsp3) is 0.0588. The van der Waals surface area contributed by atoms with E-state index in [1.807, 2.05) is 6.07 Å². The molecule has 1 amide bonds. The molecule has 7 nitrogen and oxygen atoms in total. The van der Waals surface area contributed by atoms with E-state index in [9.17, 15) is 20.2 Å². The summed E-state index contributed by atoms with van der Waals surface area (Å²) in [5, 5.41) is 20.4. The van der Waals surface area contributed by atoms with Gasteiger partial charge in [-0.2, -0.15) is 10.3 Å². The molecule has 1 aromatic carbocycles. The number of nitrogens with zero attached hydrogens (tertiary/aromatic N) is 4. The number of aliphatic imine (C=N–C) groups is 2. The minimum absolute atomic E-state index is 0.00782. The second-order valence-corrected chi connectivity index (χ2v) is 5.02. The van der Waals surface area contributed by atoms with Crippen LogP contribution in [0, 0.1) is 27.4 Å². The molecule has 1 heterocycles. The van der Waals surface area contributed by atoms with E-state index in [2.05, 4.69) is 9.98 Å². The summed E-state index contributed by atoms with van der Waals surface area (Å²) in [5.41, 5.74) is 0.595. The lowest BCUT2D eigenvalue weighted by Gasteiger charge is -2.17. The number of hydrogen-bond acceptors (Lipinski definition) is 5. The molecule has 7 heteroatoms. The fourth-order valence-electron chi connectivity index (χ4n) is 2.37. The summed E-state index contributed by atoms with van der Waals surface area (Å²) in [4.78, 5) is 30.7. The van der Waals surface area contributed by atoms with Gasteiger partial charge in [-0.25, -0.2) is 4.99 Å². The van der Waals surface area contributed by atoms with E-state index in [0.29, 0.717) is 5.71 Å². The van der Waals surface area contributed by atoms with Crippen LogP contribution in [0.2, 0.25) is 0 Å². The Kier molecular flexibility index (Phi) is 3.95. The maximum Gasteiger partial charge on any atom is 0.276 e. The molecule has 0 N–H and O–H groups in total. The van der Waals surface area contributed by atoms with Crippen LogP contribution in [0.15, 0.2) is 64.1 Å². The lowest BCUT2D eigenvalue weighted by molar-refractivity contribution is -0.385. The highest BCUT2D eigenvalue weighted by atomic mass is 16.6. The molecule has 0 bridgehead atoms. The molecule has 0 aromatic heterocycles. The van der Waals surface area contributed by atoms with Gasteiger partial charge in [0.05, 0.1) is 21.8 Å². The molecule has 2 aliphatic rings. The number of amidine groups is 1. The van der Waals surface area contributed by atoms with Crippen LogP contribution >= 0.6 is 0 Å². The highest BCUT2D eigenvalue weighted by Crippen LogP contribution is 2.23. The third-order valence-electron chi connectivity index (χ3n) is 3.51. The lowest BCUT2D eigenvalue weighted by atomic mass is 9.96. The average molecular weight is 318 g/mol. The third kappa shape index (κ3) is 2.80. The van der Waals surface area contributed by atoms with Gasteiger partial charge in [0, 0.05) is 6.07 Å². The van der Waals surface area contributed by atoms with Crippen molar-refractivity contribution in [2.45, 2.75) is 0 Å². The average Bonchev–Trinajstić information content (AvgIpc) is 2.59. The quantitative estimate of drug-likeness (QED) is 0.484. The van der Waals surface area contributed by atoms with Gasteiger partial charge >= 0.3 is 0 Å². The first-order chi connectivity index (χ1) is 11.6. The van der Waals surface area contributed by atoms with E-state index in [-0.39, 0.29) is 22.7 Å². The minimum atomic E-state index is -0.537. The molecule has 0 fully saturated rings. The number of carbonyl (C=O) groups is 1. The molecule has 0 radical (unpaired) electrons. The molecule has 1 aliphatic heterocycles. The number of hydrogen-bond donors (Lipinski definition) is 0. The van der Waals surface area contributed by atoms with Crippen molar-refractivity contribution in [3.8, 4) is 6.07 Å².